The highest BCUT2D eigenvalue weighted by Gasteiger charge is 2.19. The first-order valence-electron chi connectivity index (χ1n) is 7.98. The summed E-state index contributed by atoms with van der Waals surface area (Å²) >= 11 is 0. The normalized spacial score (nSPS) is 13.7. The number of H-pyrrole nitrogens is 1. The molecule has 0 saturated heterocycles. The molecule has 8 heteroatoms. The van der Waals surface area contributed by atoms with Gasteiger partial charge >= 0.3 is 0 Å². The molecule has 4 aromatic rings. The van der Waals surface area contributed by atoms with E-state index in [1.165, 1.54) is 16.7 Å². The standard InChI is InChI=1S/C17H14N8/c18-15-14(16-20-23-24-21-16)17-19-8-11(9-25(17)22-15)13-7-3-5-10-4-1-2-6-12(10)13/h1-2,4,6-9H,3,5H2,(H2,18,22)(H,20,21,23,24). The summed E-state index contributed by atoms with van der Waals surface area (Å²) in [4.78, 5) is 4.56. The fraction of sp³-hybridized carbons (Fsp3) is 0.118. The third kappa shape index (κ3) is 2.11. The Hall–Kier alpha value is -3.55. The third-order valence-electron chi connectivity index (χ3n) is 4.45. The van der Waals surface area contributed by atoms with E-state index in [2.05, 4.69) is 61.0 Å². The van der Waals surface area contributed by atoms with Gasteiger partial charge in [0, 0.05) is 18.0 Å². The van der Waals surface area contributed by atoms with Crippen molar-refractivity contribution >= 4 is 17.0 Å². The fourth-order valence-corrected chi connectivity index (χ4v) is 3.33. The number of aromatic amines is 1. The molecular formula is C17H14N8. The molecule has 3 aromatic heterocycles. The van der Waals surface area contributed by atoms with E-state index in [4.69, 9.17) is 5.73 Å². The minimum absolute atomic E-state index is 0.323. The molecule has 0 fully saturated rings. The van der Waals surface area contributed by atoms with Crippen LogP contribution in [0.2, 0.25) is 0 Å². The first-order chi connectivity index (χ1) is 12.3. The van der Waals surface area contributed by atoms with E-state index in [-0.39, 0.29) is 0 Å². The average Bonchev–Trinajstić information content (AvgIpc) is 3.27. The number of aryl methyl sites for hydroxylation is 1. The van der Waals surface area contributed by atoms with Gasteiger partial charge in [0.1, 0.15) is 5.56 Å². The number of fused-ring (bicyclic) bond motifs is 2. The van der Waals surface area contributed by atoms with Crippen LogP contribution in [0.4, 0.5) is 5.82 Å². The van der Waals surface area contributed by atoms with E-state index >= 15 is 0 Å². The van der Waals surface area contributed by atoms with Gasteiger partial charge < -0.3 is 5.73 Å². The predicted molar refractivity (Wildman–Crippen MR) is 92.4 cm³/mol. The van der Waals surface area contributed by atoms with Crippen LogP contribution in [0, 0.1) is 0 Å². The van der Waals surface area contributed by atoms with Crippen LogP contribution in [0.3, 0.4) is 0 Å². The monoisotopic (exact) mass is 330 g/mol. The fourth-order valence-electron chi connectivity index (χ4n) is 3.33. The highest BCUT2D eigenvalue weighted by Crippen LogP contribution is 2.32. The number of hydrogen-bond acceptors (Lipinski definition) is 6. The minimum Gasteiger partial charge on any atom is -0.382 e. The van der Waals surface area contributed by atoms with Gasteiger partial charge in [0.25, 0.3) is 0 Å². The zero-order chi connectivity index (χ0) is 16.8. The smallest absolute Gasteiger partial charge is 0.212 e. The molecule has 3 heterocycles. The lowest BCUT2D eigenvalue weighted by atomic mass is 9.88. The maximum atomic E-state index is 6.04. The first kappa shape index (κ1) is 13.8. The molecule has 25 heavy (non-hydrogen) atoms. The number of nitrogens with one attached hydrogen (secondary N) is 1. The van der Waals surface area contributed by atoms with Crippen LogP contribution >= 0.6 is 0 Å². The van der Waals surface area contributed by atoms with Crippen molar-refractivity contribution in [1.82, 2.24) is 35.2 Å². The number of nitrogens with zero attached hydrogens (tertiary/aromatic N) is 6. The number of nitrogens with two attached hydrogens (primary N) is 1. The summed E-state index contributed by atoms with van der Waals surface area (Å²) in [6.45, 7) is 0. The lowest BCUT2D eigenvalue weighted by Crippen LogP contribution is -2.02. The summed E-state index contributed by atoms with van der Waals surface area (Å²) in [7, 11) is 0. The molecular weight excluding hydrogens is 316 g/mol. The summed E-state index contributed by atoms with van der Waals surface area (Å²) in [5.41, 5.74) is 12.0. The molecule has 5 rings (SSSR count). The molecule has 0 aliphatic heterocycles. The Labute approximate surface area is 142 Å². The van der Waals surface area contributed by atoms with Crippen molar-refractivity contribution in [2.24, 2.45) is 0 Å². The van der Waals surface area contributed by atoms with Crippen LogP contribution in [0.1, 0.15) is 23.1 Å². The molecule has 122 valence electrons. The lowest BCUT2D eigenvalue weighted by molar-refractivity contribution is 0.881. The van der Waals surface area contributed by atoms with Crippen molar-refractivity contribution in [1.29, 1.82) is 0 Å². The number of aromatic nitrogens is 7. The topological polar surface area (TPSA) is 111 Å². The van der Waals surface area contributed by atoms with Gasteiger partial charge in [-0.05, 0) is 34.8 Å². The van der Waals surface area contributed by atoms with Gasteiger partial charge in [-0.1, -0.05) is 30.3 Å². The second kappa shape index (κ2) is 5.23. The van der Waals surface area contributed by atoms with Crippen LogP contribution < -0.4 is 5.73 Å². The highest BCUT2D eigenvalue weighted by atomic mass is 15.5. The van der Waals surface area contributed by atoms with Crippen molar-refractivity contribution < 1.29 is 0 Å². The van der Waals surface area contributed by atoms with Crippen molar-refractivity contribution in [2.45, 2.75) is 12.8 Å². The van der Waals surface area contributed by atoms with Crippen LogP contribution in [0.25, 0.3) is 22.6 Å². The lowest BCUT2D eigenvalue weighted by Gasteiger charge is -2.17. The number of allylic oxidation sites excluding steroid dienone is 1. The molecule has 8 nitrogen and oxygen atoms in total. The van der Waals surface area contributed by atoms with Crippen LogP contribution in [-0.2, 0) is 6.42 Å². The predicted octanol–water partition coefficient (Wildman–Crippen LogP) is 1.87. The van der Waals surface area contributed by atoms with E-state index in [0.717, 1.165) is 18.4 Å². The van der Waals surface area contributed by atoms with E-state index in [1.807, 2.05) is 12.4 Å². The van der Waals surface area contributed by atoms with Gasteiger partial charge in [-0.2, -0.15) is 5.21 Å². The van der Waals surface area contributed by atoms with Crippen molar-refractivity contribution in [3.05, 3.63) is 59.4 Å². The Morgan fingerprint density at radius 2 is 2.12 bits per heavy atom. The number of rotatable bonds is 2. The third-order valence-corrected chi connectivity index (χ3v) is 4.45. The van der Waals surface area contributed by atoms with E-state index in [1.54, 1.807) is 4.52 Å². The minimum atomic E-state index is 0.323. The summed E-state index contributed by atoms with van der Waals surface area (Å²) in [6, 6.07) is 8.46. The Bertz CT molecular complexity index is 1110. The molecule has 0 unspecified atom stereocenters. The molecule has 0 amide bonds. The van der Waals surface area contributed by atoms with Crippen LogP contribution in [-0.4, -0.2) is 35.2 Å². The molecule has 0 bridgehead atoms. The maximum absolute atomic E-state index is 6.04. The quantitative estimate of drug-likeness (QED) is 0.580. The number of hydrogen-bond donors (Lipinski definition) is 2. The second-order valence-corrected chi connectivity index (χ2v) is 5.92. The van der Waals surface area contributed by atoms with Crippen molar-refractivity contribution in [2.75, 3.05) is 5.73 Å². The number of nitrogen functional groups attached to an aromatic ring is 1. The largest absolute Gasteiger partial charge is 0.382 e. The zero-order valence-corrected chi connectivity index (χ0v) is 13.2. The summed E-state index contributed by atoms with van der Waals surface area (Å²) in [5, 5.41) is 18.3. The molecule has 1 aliphatic carbocycles. The van der Waals surface area contributed by atoms with Gasteiger partial charge in [-0.3, -0.25) is 0 Å². The van der Waals surface area contributed by atoms with E-state index in [0.29, 0.717) is 22.9 Å². The number of benzene rings is 1. The van der Waals surface area contributed by atoms with Gasteiger partial charge in [0.2, 0.25) is 5.82 Å². The van der Waals surface area contributed by atoms with Gasteiger partial charge in [0.15, 0.2) is 11.5 Å². The number of anilines is 1. The molecule has 0 atom stereocenters. The maximum Gasteiger partial charge on any atom is 0.212 e. The number of tetrazole rings is 1. The first-order valence-corrected chi connectivity index (χ1v) is 7.98. The summed E-state index contributed by atoms with van der Waals surface area (Å²) in [5.74, 6) is 0.707. The van der Waals surface area contributed by atoms with Gasteiger partial charge in [-0.15, -0.1) is 15.3 Å². The van der Waals surface area contributed by atoms with Crippen molar-refractivity contribution in [3.8, 4) is 11.4 Å². The van der Waals surface area contributed by atoms with E-state index in [9.17, 15) is 0 Å². The zero-order valence-electron chi connectivity index (χ0n) is 13.2. The van der Waals surface area contributed by atoms with Gasteiger partial charge in [-0.25, -0.2) is 9.50 Å². The summed E-state index contributed by atoms with van der Waals surface area (Å²) < 4.78 is 1.68. The molecule has 0 spiro atoms. The van der Waals surface area contributed by atoms with Crippen LogP contribution in [0.5, 0.6) is 0 Å². The molecule has 1 aromatic carbocycles. The second-order valence-electron chi connectivity index (χ2n) is 5.92. The molecule has 0 saturated carbocycles. The Morgan fingerprint density at radius 3 is 3.00 bits per heavy atom. The Balaban J connectivity index is 1.67. The average molecular weight is 330 g/mol. The highest BCUT2D eigenvalue weighted by molar-refractivity contribution is 5.85. The molecule has 0 radical (unpaired) electrons. The molecule has 3 N–H and O–H groups in total. The van der Waals surface area contributed by atoms with Gasteiger partial charge in [0.05, 0.1) is 0 Å². The summed E-state index contributed by atoms with van der Waals surface area (Å²) in [6.07, 6.45) is 8.11. The Morgan fingerprint density at radius 1 is 1.20 bits per heavy atom. The molecule has 1 aliphatic rings. The van der Waals surface area contributed by atoms with E-state index < -0.39 is 0 Å². The van der Waals surface area contributed by atoms with Crippen LogP contribution in [0.15, 0.2) is 42.7 Å². The van der Waals surface area contributed by atoms with Crippen molar-refractivity contribution in [3.63, 3.8) is 0 Å². The SMILES string of the molecule is Nc1nn2cc(C3=CCCc4ccccc43)cnc2c1-c1nn[nH]n1. The Kier molecular flexibility index (Phi) is 2.90.